The molecule has 0 saturated heterocycles. The van der Waals surface area contributed by atoms with Crippen molar-refractivity contribution >= 4 is 54.8 Å². The van der Waals surface area contributed by atoms with E-state index >= 15 is 0 Å². The second-order valence-corrected chi connectivity index (χ2v) is 13.6. The van der Waals surface area contributed by atoms with E-state index in [0.717, 1.165) is 78.0 Å². The van der Waals surface area contributed by atoms with E-state index in [4.69, 9.17) is 9.40 Å². The van der Waals surface area contributed by atoms with E-state index < -0.39 is 0 Å². The largest absolute Gasteiger partial charge is 0.456 e. The number of para-hydroxylation sites is 5. The molecule has 0 atom stereocenters. The Labute approximate surface area is 305 Å². The van der Waals surface area contributed by atoms with Crippen LogP contribution in [-0.2, 0) is 0 Å². The number of hydrogen-bond acceptors (Lipinski definition) is 2. The first-order valence-corrected chi connectivity index (χ1v) is 18.0. The molecule has 4 nitrogen and oxygen atoms in total. The summed E-state index contributed by atoms with van der Waals surface area (Å²) in [7, 11) is 0. The van der Waals surface area contributed by atoms with Gasteiger partial charge in [0.15, 0.2) is 0 Å². The molecule has 53 heavy (non-hydrogen) atoms. The summed E-state index contributed by atoms with van der Waals surface area (Å²) in [5.41, 5.74) is 13.7. The first kappa shape index (κ1) is 29.5. The predicted octanol–water partition coefficient (Wildman–Crippen LogP) is 13.0. The highest BCUT2D eigenvalue weighted by molar-refractivity contribution is 6.14. The highest BCUT2D eigenvalue weighted by Crippen LogP contribution is 2.43. The molecule has 8 aromatic carbocycles. The van der Waals surface area contributed by atoms with Crippen molar-refractivity contribution in [2.75, 3.05) is 0 Å². The third kappa shape index (κ3) is 4.66. The summed E-state index contributed by atoms with van der Waals surface area (Å²) in [5, 5.41) is 4.62. The van der Waals surface area contributed by atoms with Crippen molar-refractivity contribution in [1.29, 1.82) is 0 Å². The maximum Gasteiger partial charge on any atom is 0.146 e. The molecule has 0 bridgehead atoms. The molecular formula is C49H31N3O. The van der Waals surface area contributed by atoms with Crippen LogP contribution >= 0.6 is 0 Å². The maximum absolute atomic E-state index is 6.83. The van der Waals surface area contributed by atoms with Crippen LogP contribution in [0.15, 0.2) is 192 Å². The zero-order valence-electron chi connectivity index (χ0n) is 28.6. The zero-order chi connectivity index (χ0) is 34.9. The van der Waals surface area contributed by atoms with Crippen LogP contribution in [0, 0.1) is 0 Å². The van der Waals surface area contributed by atoms with Crippen LogP contribution < -0.4 is 0 Å². The van der Waals surface area contributed by atoms with Gasteiger partial charge in [0.05, 0.1) is 22.1 Å². The third-order valence-electron chi connectivity index (χ3n) is 10.5. The number of furan rings is 1. The number of imidazole rings is 1. The molecule has 0 N–H and O–H groups in total. The molecule has 0 unspecified atom stereocenters. The number of aromatic nitrogens is 3. The normalized spacial score (nSPS) is 11.8. The fraction of sp³-hybridized carbons (Fsp3) is 0. The van der Waals surface area contributed by atoms with Crippen LogP contribution in [0.5, 0.6) is 0 Å². The second kappa shape index (κ2) is 11.7. The molecule has 11 aromatic rings. The lowest BCUT2D eigenvalue weighted by atomic mass is 9.97. The molecule has 0 aliphatic rings. The van der Waals surface area contributed by atoms with Crippen LogP contribution in [0.4, 0.5) is 0 Å². The first-order valence-electron chi connectivity index (χ1n) is 18.0. The van der Waals surface area contributed by atoms with E-state index in [2.05, 4.69) is 197 Å². The topological polar surface area (TPSA) is 35.9 Å². The SMILES string of the molecule is c1ccc(-c2cc(-c3nc4ccccc4n3-c3ccccc3)c3c(c2)oc2cc(-c4cccc(-n5c6ccccc6c6ccccc65)c4)ccc23)cc1. The molecule has 11 rings (SSSR count). The quantitative estimate of drug-likeness (QED) is 0.182. The van der Waals surface area contributed by atoms with Crippen molar-refractivity contribution in [3.05, 3.63) is 188 Å². The Bertz CT molecular complexity index is 3110. The summed E-state index contributed by atoms with van der Waals surface area (Å²) in [6.45, 7) is 0. The molecule has 3 heterocycles. The predicted molar refractivity (Wildman–Crippen MR) is 219 cm³/mol. The molecular weight excluding hydrogens is 647 g/mol. The minimum absolute atomic E-state index is 0.833. The van der Waals surface area contributed by atoms with Crippen LogP contribution in [0.2, 0.25) is 0 Å². The lowest BCUT2D eigenvalue weighted by Crippen LogP contribution is -1.98. The summed E-state index contributed by atoms with van der Waals surface area (Å²) < 4.78 is 11.5. The van der Waals surface area contributed by atoms with E-state index in [0.29, 0.717) is 0 Å². The van der Waals surface area contributed by atoms with Gasteiger partial charge in [-0.1, -0.05) is 115 Å². The number of nitrogens with zero attached hydrogens (tertiary/aromatic N) is 3. The van der Waals surface area contributed by atoms with Crippen molar-refractivity contribution in [3.63, 3.8) is 0 Å². The van der Waals surface area contributed by atoms with Gasteiger partial charge in [0.1, 0.15) is 17.0 Å². The standard InChI is InChI=1S/C49H31N3O/c1-3-14-32(15-4-1)35-29-41(49-50-42-22-9-12-25-45(42)52(49)36-17-5-2-6-18-36)48-40-27-26-34(30-46(40)53-47(48)31-35)33-16-13-19-37(28-33)51-43-23-10-7-20-38(43)39-21-8-11-24-44(39)51/h1-31H. The Morgan fingerprint density at radius 3 is 1.75 bits per heavy atom. The Morgan fingerprint density at radius 2 is 0.981 bits per heavy atom. The average molecular weight is 678 g/mol. The highest BCUT2D eigenvalue weighted by Gasteiger charge is 2.22. The van der Waals surface area contributed by atoms with Crippen LogP contribution in [0.1, 0.15) is 0 Å². The maximum atomic E-state index is 6.83. The average Bonchev–Trinajstić information content (AvgIpc) is 3.91. The van der Waals surface area contributed by atoms with Crippen molar-refractivity contribution in [1.82, 2.24) is 14.1 Å². The van der Waals surface area contributed by atoms with Crippen LogP contribution in [-0.4, -0.2) is 14.1 Å². The summed E-state index contributed by atoms with van der Waals surface area (Å²) in [4.78, 5) is 5.29. The van der Waals surface area contributed by atoms with E-state index in [1.807, 2.05) is 0 Å². The summed E-state index contributed by atoms with van der Waals surface area (Å²) >= 11 is 0. The van der Waals surface area contributed by atoms with Gasteiger partial charge in [-0.2, -0.15) is 0 Å². The van der Waals surface area contributed by atoms with E-state index in [-0.39, 0.29) is 0 Å². The van der Waals surface area contributed by atoms with Gasteiger partial charge in [0.25, 0.3) is 0 Å². The molecule has 0 radical (unpaired) electrons. The molecule has 0 fully saturated rings. The van der Waals surface area contributed by atoms with E-state index in [9.17, 15) is 0 Å². The van der Waals surface area contributed by atoms with Crippen LogP contribution in [0.25, 0.3) is 99.8 Å². The number of fused-ring (bicyclic) bond motifs is 7. The van der Waals surface area contributed by atoms with Crippen molar-refractivity contribution in [2.24, 2.45) is 0 Å². The Balaban J connectivity index is 1.13. The summed E-state index contributed by atoms with van der Waals surface area (Å²) in [6, 6.07) is 66.5. The number of hydrogen-bond donors (Lipinski definition) is 0. The first-order chi connectivity index (χ1) is 26.3. The lowest BCUT2D eigenvalue weighted by molar-refractivity contribution is 0.669. The fourth-order valence-corrected chi connectivity index (χ4v) is 8.13. The van der Waals surface area contributed by atoms with E-state index in [1.54, 1.807) is 0 Å². The zero-order valence-corrected chi connectivity index (χ0v) is 28.6. The van der Waals surface area contributed by atoms with Gasteiger partial charge in [-0.05, 0) is 95.1 Å². The van der Waals surface area contributed by atoms with Crippen molar-refractivity contribution in [3.8, 4) is 45.0 Å². The van der Waals surface area contributed by atoms with Gasteiger partial charge in [-0.25, -0.2) is 4.98 Å². The minimum Gasteiger partial charge on any atom is -0.456 e. The van der Waals surface area contributed by atoms with Gasteiger partial charge in [0, 0.05) is 38.5 Å². The Morgan fingerprint density at radius 1 is 0.377 bits per heavy atom. The van der Waals surface area contributed by atoms with Crippen molar-refractivity contribution < 1.29 is 4.42 Å². The smallest absolute Gasteiger partial charge is 0.146 e. The summed E-state index contributed by atoms with van der Waals surface area (Å²) in [5.74, 6) is 0.880. The number of rotatable bonds is 5. The van der Waals surface area contributed by atoms with Gasteiger partial charge in [-0.3, -0.25) is 4.57 Å². The van der Waals surface area contributed by atoms with Crippen molar-refractivity contribution in [2.45, 2.75) is 0 Å². The molecule has 4 heteroatoms. The molecule has 0 aliphatic heterocycles. The fourth-order valence-electron chi connectivity index (χ4n) is 8.13. The Hall–Kier alpha value is -7.17. The number of benzene rings is 8. The van der Waals surface area contributed by atoms with Gasteiger partial charge in [-0.15, -0.1) is 0 Å². The van der Waals surface area contributed by atoms with E-state index in [1.165, 1.54) is 21.8 Å². The third-order valence-corrected chi connectivity index (χ3v) is 10.5. The molecule has 0 amide bonds. The van der Waals surface area contributed by atoms with Crippen LogP contribution in [0.3, 0.4) is 0 Å². The van der Waals surface area contributed by atoms with Gasteiger partial charge < -0.3 is 8.98 Å². The Kier molecular flexibility index (Phi) is 6.52. The lowest BCUT2D eigenvalue weighted by Gasteiger charge is -2.12. The monoisotopic (exact) mass is 677 g/mol. The van der Waals surface area contributed by atoms with Gasteiger partial charge in [0.2, 0.25) is 0 Å². The minimum atomic E-state index is 0.833. The summed E-state index contributed by atoms with van der Waals surface area (Å²) in [6.07, 6.45) is 0. The molecule has 0 aliphatic carbocycles. The molecule has 0 saturated carbocycles. The van der Waals surface area contributed by atoms with Gasteiger partial charge >= 0.3 is 0 Å². The molecule has 3 aromatic heterocycles. The molecule has 248 valence electrons. The second-order valence-electron chi connectivity index (χ2n) is 13.6. The molecule has 0 spiro atoms. The highest BCUT2D eigenvalue weighted by atomic mass is 16.3.